The summed E-state index contributed by atoms with van der Waals surface area (Å²) in [6.45, 7) is 9.84. The second kappa shape index (κ2) is 7.75. The van der Waals surface area contributed by atoms with Gasteiger partial charge >= 0.3 is 0 Å². The van der Waals surface area contributed by atoms with E-state index in [-0.39, 0.29) is 5.91 Å². The van der Waals surface area contributed by atoms with E-state index in [1.54, 1.807) is 0 Å². The van der Waals surface area contributed by atoms with Crippen molar-refractivity contribution < 1.29 is 4.79 Å². The van der Waals surface area contributed by atoms with Gasteiger partial charge in [-0.1, -0.05) is 17.7 Å². The van der Waals surface area contributed by atoms with Gasteiger partial charge < -0.3 is 10.6 Å². The van der Waals surface area contributed by atoms with E-state index in [1.807, 2.05) is 20.9 Å². The Labute approximate surface area is 134 Å². The van der Waals surface area contributed by atoms with E-state index in [9.17, 15) is 4.79 Å². The number of piperidine rings is 1. The lowest BCUT2D eigenvalue weighted by atomic mass is 9.98. The van der Waals surface area contributed by atoms with Gasteiger partial charge in [0.2, 0.25) is 5.91 Å². The molecule has 0 bridgehead atoms. The van der Waals surface area contributed by atoms with Crippen LogP contribution in [0.4, 0.5) is 5.69 Å². The third kappa shape index (κ3) is 4.82. The molecule has 1 aliphatic rings. The SMILES string of the molecule is Cc1cc(C)c(NC(=O)CN(C)CC2CCNCC2)c(C)c1. The average Bonchev–Trinajstić information content (AvgIpc) is 2.43. The average molecular weight is 303 g/mol. The predicted molar refractivity (Wildman–Crippen MR) is 92.4 cm³/mol. The molecule has 1 aliphatic heterocycles. The minimum absolute atomic E-state index is 0.0755. The summed E-state index contributed by atoms with van der Waals surface area (Å²) in [4.78, 5) is 14.4. The molecule has 0 radical (unpaired) electrons. The second-order valence-electron chi connectivity index (χ2n) is 6.71. The van der Waals surface area contributed by atoms with Crippen molar-refractivity contribution >= 4 is 11.6 Å². The first-order chi connectivity index (χ1) is 10.5. The van der Waals surface area contributed by atoms with Gasteiger partial charge in [-0.15, -0.1) is 0 Å². The molecular formula is C18H29N3O. The molecule has 1 amide bonds. The number of nitrogens with one attached hydrogen (secondary N) is 2. The van der Waals surface area contributed by atoms with Crippen LogP contribution >= 0.6 is 0 Å². The van der Waals surface area contributed by atoms with E-state index in [4.69, 9.17) is 0 Å². The van der Waals surface area contributed by atoms with Gasteiger partial charge in [0.25, 0.3) is 0 Å². The molecule has 22 heavy (non-hydrogen) atoms. The zero-order chi connectivity index (χ0) is 16.1. The minimum Gasteiger partial charge on any atom is -0.324 e. The van der Waals surface area contributed by atoms with E-state index in [0.717, 1.165) is 36.4 Å². The largest absolute Gasteiger partial charge is 0.324 e. The molecule has 0 atom stereocenters. The van der Waals surface area contributed by atoms with Gasteiger partial charge in [0.1, 0.15) is 0 Å². The van der Waals surface area contributed by atoms with E-state index in [1.165, 1.54) is 18.4 Å². The molecule has 0 unspecified atom stereocenters. The molecule has 4 heteroatoms. The zero-order valence-corrected chi connectivity index (χ0v) is 14.3. The summed E-state index contributed by atoms with van der Waals surface area (Å²) in [5, 5.41) is 6.46. The number of aryl methyl sites for hydroxylation is 3. The van der Waals surface area contributed by atoms with Gasteiger partial charge in [-0.05, 0) is 70.8 Å². The van der Waals surface area contributed by atoms with Crippen molar-refractivity contribution in [1.29, 1.82) is 0 Å². The van der Waals surface area contributed by atoms with Crippen LogP contribution in [-0.4, -0.2) is 44.0 Å². The van der Waals surface area contributed by atoms with Crippen molar-refractivity contribution in [2.24, 2.45) is 5.92 Å². The van der Waals surface area contributed by atoms with Crippen LogP contribution < -0.4 is 10.6 Å². The van der Waals surface area contributed by atoms with E-state index in [0.29, 0.717) is 12.5 Å². The highest BCUT2D eigenvalue weighted by Crippen LogP contribution is 2.22. The summed E-state index contributed by atoms with van der Waals surface area (Å²) < 4.78 is 0. The Morgan fingerprint density at radius 3 is 2.41 bits per heavy atom. The first kappa shape index (κ1) is 17.0. The van der Waals surface area contributed by atoms with Crippen LogP contribution in [0, 0.1) is 26.7 Å². The Balaban J connectivity index is 1.87. The van der Waals surface area contributed by atoms with Crippen LogP contribution in [0.25, 0.3) is 0 Å². The lowest BCUT2D eigenvalue weighted by molar-refractivity contribution is -0.117. The fraction of sp³-hybridized carbons (Fsp3) is 0.611. The van der Waals surface area contributed by atoms with Crippen LogP contribution in [-0.2, 0) is 4.79 Å². The highest BCUT2D eigenvalue weighted by atomic mass is 16.2. The maximum atomic E-state index is 12.3. The van der Waals surface area contributed by atoms with E-state index < -0.39 is 0 Å². The molecule has 2 rings (SSSR count). The second-order valence-corrected chi connectivity index (χ2v) is 6.71. The summed E-state index contributed by atoms with van der Waals surface area (Å²) in [5.74, 6) is 0.786. The number of rotatable bonds is 5. The lowest BCUT2D eigenvalue weighted by Gasteiger charge is -2.27. The molecule has 1 saturated heterocycles. The number of benzene rings is 1. The Bertz CT molecular complexity index is 498. The molecule has 0 aromatic heterocycles. The first-order valence-corrected chi connectivity index (χ1v) is 8.22. The summed E-state index contributed by atoms with van der Waals surface area (Å²) >= 11 is 0. The summed E-state index contributed by atoms with van der Waals surface area (Å²) in [7, 11) is 2.04. The molecule has 0 aliphatic carbocycles. The van der Waals surface area contributed by atoms with Gasteiger partial charge in [-0.2, -0.15) is 0 Å². The Hall–Kier alpha value is -1.39. The van der Waals surface area contributed by atoms with Crippen molar-refractivity contribution in [3.8, 4) is 0 Å². The van der Waals surface area contributed by atoms with Crippen LogP contribution in [0.3, 0.4) is 0 Å². The normalized spacial score (nSPS) is 16.0. The lowest BCUT2D eigenvalue weighted by Crippen LogP contribution is -2.37. The third-order valence-electron chi connectivity index (χ3n) is 4.38. The molecule has 1 aromatic carbocycles. The number of likely N-dealkylation sites (N-methyl/N-ethyl adjacent to an activating group) is 1. The molecule has 1 aromatic rings. The fourth-order valence-electron chi connectivity index (χ4n) is 3.37. The maximum Gasteiger partial charge on any atom is 0.238 e. The number of hydrogen-bond donors (Lipinski definition) is 2. The van der Waals surface area contributed by atoms with Crippen molar-refractivity contribution in [3.63, 3.8) is 0 Å². The molecule has 122 valence electrons. The van der Waals surface area contributed by atoms with Crippen LogP contribution in [0.15, 0.2) is 12.1 Å². The maximum absolute atomic E-state index is 12.3. The van der Waals surface area contributed by atoms with E-state index >= 15 is 0 Å². The first-order valence-electron chi connectivity index (χ1n) is 8.22. The molecule has 0 saturated carbocycles. The van der Waals surface area contributed by atoms with Gasteiger partial charge in [0, 0.05) is 12.2 Å². The number of carbonyl (C=O) groups excluding carboxylic acids is 1. The van der Waals surface area contributed by atoms with Gasteiger partial charge in [-0.25, -0.2) is 0 Å². The number of anilines is 1. The smallest absolute Gasteiger partial charge is 0.238 e. The number of amides is 1. The highest BCUT2D eigenvalue weighted by molar-refractivity contribution is 5.93. The van der Waals surface area contributed by atoms with E-state index in [2.05, 4.69) is 34.6 Å². The summed E-state index contributed by atoms with van der Waals surface area (Å²) in [6, 6.07) is 4.22. The van der Waals surface area contributed by atoms with Crippen molar-refractivity contribution in [1.82, 2.24) is 10.2 Å². The minimum atomic E-state index is 0.0755. The van der Waals surface area contributed by atoms with Crippen LogP contribution in [0.1, 0.15) is 29.5 Å². The molecular weight excluding hydrogens is 274 g/mol. The van der Waals surface area contributed by atoms with Gasteiger partial charge in [0.15, 0.2) is 0 Å². The quantitative estimate of drug-likeness (QED) is 0.878. The van der Waals surface area contributed by atoms with Crippen LogP contribution in [0.2, 0.25) is 0 Å². The Morgan fingerprint density at radius 1 is 1.23 bits per heavy atom. The number of nitrogens with zero attached hydrogens (tertiary/aromatic N) is 1. The molecule has 2 N–H and O–H groups in total. The Morgan fingerprint density at radius 2 is 1.82 bits per heavy atom. The standard InChI is InChI=1S/C18H29N3O/c1-13-9-14(2)18(15(3)10-13)20-17(22)12-21(4)11-16-5-7-19-8-6-16/h9-10,16,19H,5-8,11-12H2,1-4H3,(H,20,22). The summed E-state index contributed by atoms with van der Waals surface area (Å²) in [6.07, 6.45) is 2.42. The van der Waals surface area contributed by atoms with Crippen molar-refractivity contribution in [2.45, 2.75) is 33.6 Å². The molecule has 0 spiro atoms. The zero-order valence-electron chi connectivity index (χ0n) is 14.3. The topological polar surface area (TPSA) is 44.4 Å². The van der Waals surface area contributed by atoms with Crippen molar-refractivity contribution in [3.05, 3.63) is 28.8 Å². The summed E-state index contributed by atoms with van der Waals surface area (Å²) in [5.41, 5.74) is 4.46. The molecule has 1 heterocycles. The van der Waals surface area contributed by atoms with Crippen molar-refractivity contribution in [2.75, 3.05) is 38.5 Å². The number of hydrogen-bond acceptors (Lipinski definition) is 3. The molecule has 4 nitrogen and oxygen atoms in total. The van der Waals surface area contributed by atoms with Crippen LogP contribution in [0.5, 0.6) is 0 Å². The predicted octanol–water partition coefficient (Wildman–Crippen LogP) is 2.48. The number of carbonyl (C=O) groups is 1. The van der Waals surface area contributed by atoms with Gasteiger partial charge in [-0.3, -0.25) is 9.69 Å². The molecule has 1 fully saturated rings. The fourth-order valence-corrected chi connectivity index (χ4v) is 3.37. The van der Waals surface area contributed by atoms with Gasteiger partial charge in [0.05, 0.1) is 6.54 Å². The highest BCUT2D eigenvalue weighted by Gasteiger charge is 2.17. The monoisotopic (exact) mass is 303 g/mol. The Kier molecular flexibility index (Phi) is 5.98. The third-order valence-corrected chi connectivity index (χ3v) is 4.38.